The molecule has 1 saturated heterocycles. The molecule has 4 N–H and O–H groups in total. The second-order valence-electron chi connectivity index (χ2n) is 6.22. The molecule has 2 aliphatic heterocycles. The lowest BCUT2D eigenvalue weighted by Crippen LogP contribution is -2.47. The molecule has 1 aromatic rings. The van der Waals surface area contributed by atoms with E-state index in [0.29, 0.717) is 19.8 Å². The number of rotatable bonds is 6. The van der Waals surface area contributed by atoms with Gasteiger partial charge in [-0.15, -0.1) is 12.4 Å². The van der Waals surface area contributed by atoms with E-state index in [4.69, 9.17) is 19.9 Å². The maximum atomic E-state index is 12.0. The van der Waals surface area contributed by atoms with Gasteiger partial charge in [-0.3, -0.25) is 9.59 Å². The number of hydrogen-bond donors (Lipinski definition) is 3. The van der Waals surface area contributed by atoms with Crippen LogP contribution in [0.4, 0.5) is 0 Å². The van der Waals surface area contributed by atoms with Gasteiger partial charge in [-0.2, -0.15) is 0 Å². The van der Waals surface area contributed by atoms with Gasteiger partial charge in [-0.25, -0.2) is 0 Å². The van der Waals surface area contributed by atoms with Crippen LogP contribution in [0.15, 0.2) is 18.2 Å². The molecule has 1 fully saturated rings. The van der Waals surface area contributed by atoms with Crippen molar-refractivity contribution in [3.05, 3.63) is 23.8 Å². The van der Waals surface area contributed by atoms with Gasteiger partial charge < -0.3 is 30.6 Å². The average Bonchev–Trinajstić information content (AvgIpc) is 3.13. The van der Waals surface area contributed by atoms with Crippen molar-refractivity contribution in [2.75, 3.05) is 39.6 Å². The number of nitrogens with one attached hydrogen (secondary N) is 2. The highest BCUT2D eigenvalue weighted by Crippen LogP contribution is 2.40. The molecular weight excluding hydrogens is 362 g/mol. The summed E-state index contributed by atoms with van der Waals surface area (Å²) in [6.07, 6.45) is 1.59. The van der Waals surface area contributed by atoms with Crippen LogP contribution in [0.25, 0.3) is 0 Å². The van der Waals surface area contributed by atoms with E-state index in [1.807, 2.05) is 18.2 Å². The van der Waals surface area contributed by atoms with Crippen molar-refractivity contribution in [2.45, 2.75) is 18.3 Å². The molecule has 0 aliphatic carbocycles. The molecule has 8 nitrogen and oxygen atoms in total. The maximum Gasteiger partial charge on any atom is 0.239 e. The molecule has 2 amide bonds. The summed E-state index contributed by atoms with van der Waals surface area (Å²) >= 11 is 0. The van der Waals surface area contributed by atoms with Crippen LogP contribution < -0.4 is 25.8 Å². The molecule has 9 heteroatoms. The Bertz CT molecular complexity index is 649. The van der Waals surface area contributed by atoms with E-state index in [2.05, 4.69) is 10.6 Å². The molecule has 0 unspecified atom stereocenters. The Morgan fingerprint density at radius 2 is 1.81 bits per heavy atom. The van der Waals surface area contributed by atoms with Gasteiger partial charge in [-0.1, -0.05) is 6.07 Å². The van der Waals surface area contributed by atoms with Crippen molar-refractivity contribution in [3.8, 4) is 11.5 Å². The smallest absolute Gasteiger partial charge is 0.239 e. The fraction of sp³-hybridized carbons (Fsp3) is 0.529. The highest BCUT2D eigenvalue weighted by molar-refractivity contribution is 5.85. The quantitative estimate of drug-likeness (QED) is 0.639. The van der Waals surface area contributed by atoms with E-state index in [-0.39, 0.29) is 49.5 Å². The van der Waals surface area contributed by atoms with Crippen LogP contribution in [0, 0.1) is 0 Å². The number of benzene rings is 1. The standard InChI is InChI=1S/C17H23N3O5.ClH/c18-8-15(21)19-9-16(22)20-10-17(3-5-23-6-4-17)12-1-2-13-14(7-12)25-11-24-13;/h1-2,7H,3-6,8-11,18H2,(H,19,21)(H,20,22);1H. The van der Waals surface area contributed by atoms with E-state index < -0.39 is 0 Å². The van der Waals surface area contributed by atoms with Crippen molar-refractivity contribution in [3.63, 3.8) is 0 Å². The van der Waals surface area contributed by atoms with E-state index >= 15 is 0 Å². The van der Waals surface area contributed by atoms with E-state index in [1.54, 1.807) is 0 Å². The molecule has 2 heterocycles. The number of nitrogens with two attached hydrogens (primary N) is 1. The summed E-state index contributed by atoms with van der Waals surface area (Å²) in [5, 5.41) is 5.39. The molecule has 1 aromatic carbocycles. The lowest BCUT2D eigenvalue weighted by Gasteiger charge is -2.38. The van der Waals surface area contributed by atoms with E-state index in [9.17, 15) is 9.59 Å². The van der Waals surface area contributed by atoms with Gasteiger partial charge in [0.05, 0.1) is 13.1 Å². The minimum absolute atomic E-state index is 0. The van der Waals surface area contributed by atoms with Crippen LogP contribution in [0.2, 0.25) is 0 Å². The largest absolute Gasteiger partial charge is 0.454 e. The topological polar surface area (TPSA) is 112 Å². The first-order chi connectivity index (χ1) is 12.1. The Morgan fingerprint density at radius 3 is 2.54 bits per heavy atom. The summed E-state index contributed by atoms with van der Waals surface area (Å²) in [6.45, 7) is 1.75. The fourth-order valence-corrected chi connectivity index (χ4v) is 3.14. The van der Waals surface area contributed by atoms with Crippen LogP contribution in [-0.2, 0) is 19.7 Å². The first-order valence-electron chi connectivity index (χ1n) is 8.34. The Kier molecular flexibility index (Phi) is 7.07. The number of hydrogen-bond acceptors (Lipinski definition) is 6. The number of amides is 2. The summed E-state index contributed by atoms with van der Waals surface area (Å²) in [6, 6.07) is 5.90. The van der Waals surface area contributed by atoms with E-state index in [1.165, 1.54) is 0 Å². The normalized spacial score (nSPS) is 17.1. The fourth-order valence-electron chi connectivity index (χ4n) is 3.14. The van der Waals surface area contributed by atoms with Crippen molar-refractivity contribution >= 4 is 24.2 Å². The Morgan fingerprint density at radius 1 is 1.08 bits per heavy atom. The highest BCUT2D eigenvalue weighted by Gasteiger charge is 2.36. The van der Waals surface area contributed by atoms with Crippen molar-refractivity contribution in [1.29, 1.82) is 0 Å². The van der Waals surface area contributed by atoms with Crippen LogP contribution >= 0.6 is 12.4 Å². The minimum atomic E-state index is -0.355. The first kappa shape index (κ1) is 20.3. The van der Waals surface area contributed by atoms with Crippen molar-refractivity contribution in [1.82, 2.24) is 10.6 Å². The number of carbonyl (C=O) groups is 2. The molecule has 0 atom stereocenters. The minimum Gasteiger partial charge on any atom is -0.454 e. The van der Waals surface area contributed by atoms with Crippen molar-refractivity contribution in [2.24, 2.45) is 5.73 Å². The predicted molar refractivity (Wildman–Crippen MR) is 96.6 cm³/mol. The van der Waals surface area contributed by atoms with E-state index in [0.717, 1.165) is 29.9 Å². The van der Waals surface area contributed by atoms with Crippen LogP contribution in [0.3, 0.4) is 0 Å². The van der Waals surface area contributed by atoms with Gasteiger partial charge in [0.25, 0.3) is 0 Å². The van der Waals surface area contributed by atoms with Gasteiger partial charge in [0, 0.05) is 25.2 Å². The second kappa shape index (κ2) is 9.07. The lowest BCUT2D eigenvalue weighted by atomic mass is 9.74. The molecule has 3 rings (SSSR count). The Balaban J connectivity index is 0.00000243. The zero-order valence-corrected chi connectivity index (χ0v) is 15.2. The van der Waals surface area contributed by atoms with Gasteiger partial charge in [-0.05, 0) is 30.5 Å². The summed E-state index contributed by atoms with van der Waals surface area (Å²) in [5.41, 5.74) is 6.07. The second-order valence-corrected chi connectivity index (χ2v) is 6.22. The summed E-state index contributed by atoms with van der Waals surface area (Å²) in [4.78, 5) is 23.2. The predicted octanol–water partition coefficient (Wildman–Crippen LogP) is 0.0764. The third-order valence-corrected chi connectivity index (χ3v) is 4.69. The van der Waals surface area contributed by atoms with Gasteiger partial charge in [0.15, 0.2) is 11.5 Å². The zero-order chi connectivity index (χ0) is 17.7. The van der Waals surface area contributed by atoms with Crippen molar-refractivity contribution < 1.29 is 23.8 Å². The van der Waals surface area contributed by atoms with Crippen LogP contribution in [0.1, 0.15) is 18.4 Å². The van der Waals surface area contributed by atoms with Crippen LogP contribution in [-0.4, -0.2) is 51.5 Å². The average molecular weight is 386 g/mol. The molecule has 0 spiro atoms. The molecule has 0 radical (unpaired) electrons. The number of halogens is 1. The molecule has 0 bridgehead atoms. The third-order valence-electron chi connectivity index (χ3n) is 4.69. The monoisotopic (exact) mass is 385 g/mol. The zero-order valence-electron chi connectivity index (χ0n) is 14.4. The lowest BCUT2D eigenvalue weighted by molar-refractivity contribution is -0.125. The summed E-state index contributed by atoms with van der Waals surface area (Å²) in [7, 11) is 0. The summed E-state index contributed by atoms with van der Waals surface area (Å²) in [5.74, 6) is 0.865. The third kappa shape index (κ3) is 4.57. The summed E-state index contributed by atoms with van der Waals surface area (Å²) < 4.78 is 16.3. The first-order valence-corrected chi connectivity index (χ1v) is 8.34. The molecular formula is C17H24ClN3O5. The van der Waals surface area contributed by atoms with Gasteiger partial charge >= 0.3 is 0 Å². The molecule has 144 valence electrons. The SMILES string of the molecule is Cl.NCC(=O)NCC(=O)NCC1(c2ccc3c(c2)OCO3)CCOCC1. The number of fused-ring (bicyclic) bond motifs is 1. The molecule has 0 aromatic heterocycles. The highest BCUT2D eigenvalue weighted by atomic mass is 35.5. The molecule has 2 aliphatic rings. The number of carbonyl (C=O) groups excluding carboxylic acids is 2. The van der Waals surface area contributed by atoms with Gasteiger partial charge in [0.2, 0.25) is 18.6 Å². The van der Waals surface area contributed by atoms with Crippen LogP contribution in [0.5, 0.6) is 11.5 Å². The Hall–Kier alpha value is -2.03. The maximum absolute atomic E-state index is 12.0. The number of ether oxygens (including phenoxy) is 3. The Labute approximate surface area is 158 Å². The molecule has 26 heavy (non-hydrogen) atoms. The molecule has 0 saturated carbocycles. The van der Waals surface area contributed by atoms with Gasteiger partial charge in [0.1, 0.15) is 0 Å².